The van der Waals surface area contributed by atoms with E-state index in [1.165, 1.54) is 18.7 Å². The quantitative estimate of drug-likeness (QED) is 0.0819. The zero-order valence-corrected chi connectivity index (χ0v) is 30.9. The predicted molar refractivity (Wildman–Crippen MR) is 189 cm³/mol. The second kappa shape index (κ2) is 17.8. The average molecular weight is 738 g/mol. The highest BCUT2D eigenvalue weighted by atomic mass is 16.8. The van der Waals surface area contributed by atoms with Gasteiger partial charge in [-0.2, -0.15) is 0 Å². The van der Waals surface area contributed by atoms with Crippen LogP contribution in [0.4, 0.5) is 0 Å². The van der Waals surface area contributed by atoms with Crippen molar-refractivity contribution in [1.82, 2.24) is 4.90 Å². The molecular formula is C39H47NO13. The third-order valence-corrected chi connectivity index (χ3v) is 9.13. The van der Waals surface area contributed by atoms with E-state index >= 15 is 4.79 Å². The number of hydrogen-bond acceptors (Lipinski definition) is 13. The number of fused-ring (bicyclic) bond motifs is 2. The minimum Gasteiger partial charge on any atom is -0.467 e. The molecule has 0 aromatic heterocycles. The fraction of sp³-hybridized carbons (Fsp3) is 0.487. The summed E-state index contributed by atoms with van der Waals surface area (Å²) in [6.07, 6.45) is -4.00. The molecule has 286 valence electrons. The van der Waals surface area contributed by atoms with Gasteiger partial charge in [0.25, 0.3) is 5.91 Å². The molecule has 0 saturated carbocycles. The van der Waals surface area contributed by atoms with Crippen LogP contribution in [0.3, 0.4) is 0 Å². The maximum Gasteiger partial charge on any atom is 0.379 e. The van der Waals surface area contributed by atoms with E-state index in [1.807, 2.05) is 75.4 Å². The number of ether oxygens (including phenoxy) is 9. The van der Waals surface area contributed by atoms with Crippen molar-refractivity contribution in [1.29, 1.82) is 0 Å². The lowest BCUT2D eigenvalue weighted by atomic mass is 9.87. The lowest BCUT2D eigenvalue weighted by molar-refractivity contribution is -0.227. The first-order valence-electron chi connectivity index (χ1n) is 17.8. The van der Waals surface area contributed by atoms with Gasteiger partial charge >= 0.3 is 23.7 Å². The van der Waals surface area contributed by atoms with Gasteiger partial charge in [-0.1, -0.05) is 42.5 Å². The highest BCUT2D eigenvalue weighted by Gasteiger charge is 2.65. The molecule has 1 saturated heterocycles. The largest absolute Gasteiger partial charge is 0.467 e. The van der Waals surface area contributed by atoms with Crippen LogP contribution < -0.4 is 9.47 Å². The van der Waals surface area contributed by atoms with Gasteiger partial charge < -0.3 is 47.5 Å². The van der Waals surface area contributed by atoms with Crippen molar-refractivity contribution in [2.24, 2.45) is 0 Å². The maximum atomic E-state index is 15.1. The molecule has 2 aliphatic heterocycles. The molecule has 2 aliphatic rings. The number of esters is 3. The molecule has 53 heavy (non-hydrogen) atoms. The number of hydrogen-bond donors (Lipinski definition) is 0. The maximum absolute atomic E-state index is 15.1. The summed E-state index contributed by atoms with van der Waals surface area (Å²) in [7, 11) is 1.09. The molecule has 1 amide bonds. The standard InChI is InChI=1S/C39H47NO13/c1-7-46-32(47-8-2)21-29(28-17-18-30-31(20-28)51-23-50-30)24(5)40(22-25-15-16-26-13-11-12-14-27(26)19-25)35(41)33-34(36(42)45-6)53-39(52-33,37(43)48-9-3)38(44)49-10-4/h11-20,24,29,32-34H,7-10,21-23H2,1-6H3/t24-,29+,33+,34+/m1/s1. The molecule has 0 radical (unpaired) electrons. The Kier molecular flexibility index (Phi) is 13.3. The van der Waals surface area contributed by atoms with Crippen LogP contribution in [0.15, 0.2) is 60.7 Å². The molecule has 3 aromatic rings. The van der Waals surface area contributed by atoms with E-state index < -0.39 is 60.1 Å². The monoisotopic (exact) mass is 737 g/mol. The average Bonchev–Trinajstić information content (AvgIpc) is 3.81. The fourth-order valence-corrected chi connectivity index (χ4v) is 6.56. The molecule has 0 N–H and O–H groups in total. The van der Waals surface area contributed by atoms with E-state index in [0.29, 0.717) is 31.1 Å². The summed E-state index contributed by atoms with van der Waals surface area (Å²) >= 11 is 0. The van der Waals surface area contributed by atoms with Crippen LogP contribution in [0, 0.1) is 0 Å². The normalized spacial score (nSPS) is 18.4. The van der Waals surface area contributed by atoms with E-state index in [1.54, 1.807) is 6.07 Å². The van der Waals surface area contributed by atoms with Gasteiger partial charge in [-0.15, -0.1) is 0 Å². The van der Waals surface area contributed by atoms with Crippen LogP contribution >= 0.6 is 0 Å². The molecule has 14 heteroatoms. The minimum atomic E-state index is -2.87. The number of carbonyl (C=O) groups is 4. The molecule has 2 heterocycles. The van der Waals surface area contributed by atoms with Crippen molar-refractivity contribution >= 4 is 34.6 Å². The zero-order chi connectivity index (χ0) is 38.1. The van der Waals surface area contributed by atoms with E-state index in [2.05, 4.69) is 0 Å². The van der Waals surface area contributed by atoms with Crippen molar-refractivity contribution in [2.75, 3.05) is 40.3 Å². The Bertz CT molecular complexity index is 1740. The van der Waals surface area contributed by atoms with Crippen molar-refractivity contribution in [3.8, 4) is 11.5 Å². The second-order valence-corrected chi connectivity index (χ2v) is 12.3. The van der Waals surface area contributed by atoms with Crippen LogP contribution in [-0.4, -0.2) is 99.4 Å². The third-order valence-electron chi connectivity index (χ3n) is 9.13. The number of benzene rings is 3. The molecule has 0 spiro atoms. The van der Waals surface area contributed by atoms with Gasteiger partial charge in [-0.25, -0.2) is 14.4 Å². The van der Waals surface area contributed by atoms with Gasteiger partial charge in [0, 0.05) is 38.1 Å². The Morgan fingerprint density at radius 3 is 2.08 bits per heavy atom. The van der Waals surface area contributed by atoms with E-state index in [9.17, 15) is 14.4 Å². The summed E-state index contributed by atoms with van der Waals surface area (Å²) in [4.78, 5) is 56.6. The smallest absolute Gasteiger partial charge is 0.379 e. The molecular weight excluding hydrogens is 690 g/mol. The predicted octanol–water partition coefficient (Wildman–Crippen LogP) is 4.64. The van der Waals surface area contributed by atoms with Crippen LogP contribution in [0.5, 0.6) is 11.5 Å². The first-order chi connectivity index (χ1) is 25.6. The van der Waals surface area contributed by atoms with Gasteiger partial charge in [0.05, 0.1) is 20.3 Å². The van der Waals surface area contributed by atoms with Gasteiger partial charge in [0.2, 0.25) is 6.79 Å². The Morgan fingerprint density at radius 1 is 0.792 bits per heavy atom. The molecule has 5 rings (SSSR count). The Balaban J connectivity index is 1.63. The lowest BCUT2D eigenvalue weighted by Gasteiger charge is -2.38. The number of carbonyl (C=O) groups excluding carboxylic acids is 4. The third kappa shape index (κ3) is 8.57. The Hall–Kier alpha value is -4.76. The summed E-state index contributed by atoms with van der Waals surface area (Å²) in [6.45, 7) is 9.18. The number of rotatable bonds is 17. The van der Waals surface area contributed by atoms with Crippen molar-refractivity contribution in [3.63, 3.8) is 0 Å². The summed E-state index contributed by atoms with van der Waals surface area (Å²) in [6, 6.07) is 18.5. The van der Waals surface area contributed by atoms with Gasteiger partial charge in [0.15, 0.2) is 30.0 Å². The summed E-state index contributed by atoms with van der Waals surface area (Å²) in [5.74, 6) is -6.54. The molecule has 3 aromatic carbocycles. The second-order valence-electron chi connectivity index (χ2n) is 12.3. The van der Waals surface area contributed by atoms with Crippen molar-refractivity contribution in [3.05, 3.63) is 71.8 Å². The number of amides is 1. The van der Waals surface area contributed by atoms with E-state index in [4.69, 9.17) is 42.6 Å². The Morgan fingerprint density at radius 2 is 1.43 bits per heavy atom. The zero-order valence-electron chi connectivity index (χ0n) is 30.9. The first-order valence-corrected chi connectivity index (χ1v) is 17.8. The van der Waals surface area contributed by atoms with Gasteiger partial charge in [-0.3, -0.25) is 4.79 Å². The van der Waals surface area contributed by atoms with E-state index in [0.717, 1.165) is 29.0 Å². The number of methoxy groups -OCH3 is 1. The SMILES string of the molecule is CCOC(=O)C1(C(=O)OCC)O[C@H](C(=O)OC)[C@@H](C(=O)N(Cc2ccc3ccccc3c2)[C@H](C)[C@H](CC(OCC)OCC)c2ccc3c(c2)OCO3)O1. The molecule has 0 bridgehead atoms. The highest BCUT2D eigenvalue weighted by molar-refractivity contribution is 6.04. The van der Waals surface area contributed by atoms with Crippen LogP contribution in [0.25, 0.3) is 10.8 Å². The molecule has 14 nitrogen and oxygen atoms in total. The fourth-order valence-electron chi connectivity index (χ4n) is 6.56. The molecule has 0 aliphatic carbocycles. The summed E-state index contributed by atoms with van der Waals surface area (Å²) in [5.41, 5.74) is 1.55. The lowest BCUT2D eigenvalue weighted by Crippen LogP contribution is -2.52. The van der Waals surface area contributed by atoms with Crippen LogP contribution in [-0.2, 0) is 58.9 Å². The van der Waals surface area contributed by atoms with Crippen LogP contribution in [0.2, 0.25) is 0 Å². The van der Waals surface area contributed by atoms with Crippen molar-refractivity contribution < 1.29 is 61.8 Å². The molecule has 4 atom stereocenters. The molecule has 0 unspecified atom stereocenters. The van der Waals surface area contributed by atoms with Crippen molar-refractivity contribution in [2.45, 2.75) is 83.8 Å². The highest BCUT2D eigenvalue weighted by Crippen LogP contribution is 2.40. The van der Waals surface area contributed by atoms with Gasteiger partial charge in [-0.05, 0) is 74.7 Å². The first kappa shape index (κ1) is 39.4. The topological polar surface area (TPSA) is 155 Å². The minimum absolute atomic E-state index is 0.0272. The van der Waals surface area contributed by atoms with Crippen LogP contribution in [0.1, 0.15) is 58.1 Å². The van der Waals surface area contributed by atoms with E-state index in [-0.39, 0.29) is 26.6 Å². The molecule has 1 fully saturated rings. The summed E-state index contributed by atoms with van der Waals surface area (Å²) in [5, 5.41) is 1.95. The van der Waals surface area contributed by atoms with Gasteiger partial charge in [0.1, 0.15) is 0 Å². The Labute approximate surface area is 308 Å². The summed E-state index contributed by atoms with van der Waals surface area (Å²) < 4.78 is 50.2. The number of nitrogens with zero attached hydrogens (tertiary/aromatic N) is 1.